The largest absolute Gasteiger partial charge is 0.396 e. The maximum atomic E-state index is 13.9. The zero-order chi connectivity index (χ0) is 24.7. The number of carbonyl (C=O) groups is 3. The van der Waals surface area contributed by atoms with Crippen LogP contribution in [0.4, 0.5) is 5.69 Å². The highest BCUT2D eigenvalue weighted by Crippen LogP contribution is 2.67. The molecule has 9 heteroatoms. The molecule has 1 spiro atoms. The number of nitrogens with zero attached hydrogens (tertiary/aromatic N) is 1. The fourth-order valence-corrected chi connectivity index (χ4v) is 9.80. The number of amides is 3. The van der Waals surface area contributed by atoms with E-state index >= 15 is 0 Å². The molecule has 3 unspecified atom stereocenters. The van der Waals surface area contributed by atoms with Gasteiger partial charge in [-0.2, -0.15) is 0 Å². The predicted molar refractivity (Wildman–Crippen MR) is 142 cm³/mol. The summed E-state index contributed by atoms with van der Waals surface area (Å²) < 4.78 is -0.648. The first-order valence-corrected chi connectivity index (χ1v) is 14.0. The lowest BCUT2D eigenvalue weighted by Gasteiger charge is -2.35. The van der Waals surface area contributed by atoms with Gasteiger partial charge in [0.1, 0.15) is 6.04 Å². The van der Waals surface area contributed by atoms with Gasteiger partial charge in [0.25, 0.3) is 0 Å². The molecule has 2 bridgehead atoms. The second-order valence-electron chi connectivity index (χ2n) is 9.64. The van der Waals surface area contributed by atoms with Crippen molar-refractivity contribution in [2.75, 3.05) is 25.5 Å². The summed E-state index contributed by atoms with van der Waals surface area (Å²) in [5.74, 6) is -1.42. The lowest BCUT2D eigenvalue weighted by Crippen LogP contribution is -2.53. The number of halogens is 1. The molecule has 7 nitrogen and oxygen atoms in total. The highest BCUT2D eigenvalue weighted by molar-refractivity contribution is 9.09. The van der Waals surface area contributed by atoms with Crippen LogP contribution in [-0.2, 0) is 14.4 Å². The van der Waals surface area contributed by atoms with Crippen molar-refractivity contribution < 1.29 is 19.5 Å². The summed E-state index contributed by atoms with van der Waals surface area (Å²) >= 11 is 5.40. The number of likely N-dealkylation sites (tertiary alicyclic amines) is 1. The lowest BCUT2D eigenvalue weighted by molar-refractivity contribution is -0.139. The molecule has 3 fully saturated rings. The number of rotatable bonds is 8. The molecule has 3 saturated heterocycles. The van der Waals surface area contributed by atoms with E-state index in [1.807, 2.05) is 42.5 Å². The Morgan fingerprint density at radius 2 is 1.91 bits per heavy atom. The Hall–Kier alpha value is -2.10. The van der Waals surface area contributed by atoms with Crippen molar-refractivity contribution in [3.8, 4) is 0 Å². The number of fused-ring (bicyclic) bond motifs is 2. The fraction of sp³-hybridized carbons (Fsp3) is 0.500. The first-order valence-electron chi connectivity index (χ1n) is 12.2. The number of aliphatic hydroxyl groups is 1. The highest BCUT2D eigenvalue weighted by Gasteiger charge is 2.75. The first kappa shape index (κ1) is 24.6. The van der Waals surface area contributed by atoms with Gasteiger partial charge in [-0.3, -0.25) is 14.4 Å². The van der Waals surface area contributed by atoms with Gasteiger partial charge in [-0.25, -0.2) is 0 Å². The SMILES string of the molecule is CNC(=O)[C@H]1[C@@H]2SC3(CC2Br)C(C(=O)Nc2ccc4ccccc4c2)N(CCCCCO)C(=O)[C@H]13. The molecule has 6 atom stereocenters. The Morgan fingerprint density at radius 1 is 1.14 bits per heavy atom. The molecule has 35 heavy (non-hydrogen) atoms. The minimum atomic E-state index is -0.662. The number of hydrogen-bond acceptors (Lipinski definition) is 5. The average Bonchev–Trinajstić information content (AvgIpc) is 3.44. The number of anilines is 1. The number of carbonyl (C=O) groups excluding carboxylic acids is 3. The number of hydrogen-bond donors (Lipinski definition) is 3. The van der Waals surface area contributed by atoms with Crippen LogP contribution < -0.4 is 10.6 Å². The predicted octanol–water partition coefficient (Wildman–Crippen LogP) is 3.15. The quantitative estimate of drug-likeness (QED) is 0.341. The van der Waals surface area contributed by atoms with E-state index in [-0.39, 0.29) is 34.4 Å². The molecule has 3 aliphatic heterocycles. The van der Waals surface area contributed by atoms with Gasteiger partial charge in [0.15, 0.2) is 0 Å². The summed E-state index contributed by atoms with van der Waals surface area (Å²) in [6.07, 6.45) is 2.79. The zero-order valence-corrected chi connectivity index (χ0v) is 22.0. The standard InChI is InChI=1S/C26H30BrN3O4S/c1-28-23(32)19-20-25(34)30(11-5-2-6-12-31)22(26(20)14-18(27)21(19)35-26)24(33)29-17-10-9-15-7-3-4-8-16(15)13-17/h3-4,7-10,13,18-22,31H,2,5-6,11-12,14H2,1H3,(H,28,32)(H,29,33)/t18?,19-,20+,21-,22?,26?/m1/s1. The van der Waals surface area contributed by atoms with E-state index in [0.717, 1.165) is 17.2 Å². The first-order chi connectivity index (χ1) is 16.9. The van der Waals surface area contributed by atoms with Gasteiger partial charge in [-0.05, 0) is 48.6 Å². The van der Waals surface area contributed by atoms with E-state index in [2.05, 4.69) is 26.6 Å². The maximum absolute atomic E-state index is 13.9. The van der Waals surface area contributed by atoms with E-state index < -0.39 is 22.6 Å². The van der Waals surface area contributed by atoms with Gasteiger partial charge >= 0.3 is 0 Å². The molecule has 0 aliphatic carbocycles. The van der Waals surface area contributed by atoms with Crippen LogP contribution in [0.15, 0.2) is 42.5 Å². The van der Waals surface area contributed by atoms with Gasteiger partial charge in [0.2, 0.25) is 17.7 Å². The Balaban J connectivity index is 1.48. The van der Waals surface area contributed by atoms with Crippen molar-refractivity contribution in [3.63, 3.8) is 0 Å². The molecule has 2 aromatic carbocycles. The van der Waals surface area contributed by atoms with Crippen molar-refractivity contribution in [1.82, 2.24) is 10.2 Å². The average molecular weight is 561 g/mol. The molecule has 0 aromatic heterocycles. The third-order valence-corrected chi connectivity index (χ3v) is 10.9. The number of benzene rings is 2. The topological polar surface area (TPSA) is 98.7 Å². The number of thioether (sulfide) groups is 1. The van der Waals surface area contributed by atoms with Crippen LogP contribution in [-0.4, -0.2) is 68.8 Å². The van der Waals surface area contributed by atoms with Crippen LogP contribution in [0.2, 0.25) is 0 Å². The molecule has 2 aromatic rings. The summed E-state index contributed by atoms with van der Waals surface area (Å²) in [5.41, 5.74) is 0.692. The molecular formula is C26H30BrN3O4S. The van der Waals surface area contributed by atoms with Crippen LogP contribution in [0.25, 0.3) is 10.8 Å². The smallest absolute Gasteiger partial charge is 0.248 e. The molecule has 0 saturated carbocycles. The van der Waals surface area contributed by atoms with Crippen LogP contribution >= 0.6 is 27.7 Å². The van der Waals surface area contributed by atoms with Gasteiger partial charge in [0, 0.05) is 36.0 Å². The number of aliphatic hydroxyl groups excluding tert-OH is 1. The maximum Gasteiger partial charge on any atom is 0.248 e. The Morgan fingerprint density at radius 3 is 2.66 bits per heavy atom. The van der Waals surface area contributed by atoms with E-state index in [4.69, 9.17) is 5.11 Å². The van der Waals surface area contributed by atoms with Crippen LogP contribution in [0.1, 0.15) is 25.7 Å². The molecule has 0 radical (unpaired) electrons. The van der Waals surface area contributed by atoms with Gasteiger partial charge in [-0.15, -0.1) is 11.8 Å². The minimum absolute atomic E-state index is 0.0450. The normalized spacial score (nSPS) is 31.1. The highest BCUT2D eigenvalue weighted by atomic mass is 79.9. The monoisotopic (exact) mass is 559 g/mol. The van der Waals surface area contributed by atoms with Gasteiger partial charge in [0.05, 0.1) is 16.6 Å². The summed E-state index contributed by atoms with van der Waals surface area (Å²) in [4.78, 5) is 42.4. The van der Waals surface area contributed by atoms with E-state index in [1.54, 1.807) is 23.7 Å². The van der Waals surface area contributed by atoms with Crippen molar-refractivity contribution >= 4 is 61.9 Å². The van der Waals surface area contributed by atoms with Crippen molar-refractivity contribution in [2.24, 2.45) is 11.8 Å². The van der Waals surface area contributed by atoms with E-state index in [0.29, 0.717) is 31.5 Å². The number of unbranched alkanes of at least 4 members (excludes halogenated alkanes) is 2. The molecule has 5 rings (SSSR count). The number of alkyl halides is 1. The second kappa shape index (κ2) is 9.75. The Labute approximate surface area is 217 Å². The molecule has 186 valence electrons. The van der Waals surface area contributed by atoms with Gasteiger partial charge in [-0.1, -0.05) is 46.3 Å². The number of nitrogens with one attached hydrogen (secondary N) is 2. The van der Waals surface area contributed by atoms with Crippen molar-refractivity contribution in [2.45, 2.75) is 46.5 Å². The Bertz CT molecular complexity index is 1160. The summed E-state index contributed by atoms with van der Waals surface area (Å²) in [5, 5.41) is 17.1. The summed E-state index contributed by atoms with van der Waals surface area (Å²) in [6, 6.07) is 13.1. The van der Waals surface area contributed by atoms with Gasteiger partial charge < -0.3 is 20.6 Å². The molecular weight excluding hydrogens is 530 g/mol. The van der Waals surface area contributed by atoms with Crippen LogP contribution in [0, 0.1) is 11.8 Å². The third-order valence-electron chi connectivity index (χ3n) is 7.66. The lowest BCUT2D eigenvalue weighted by atomic mass is 9.70. The third kappa shape index (κ3) is 4.05. The summed E-state index contributed by atoms with van der Waals surface area (Å²) in [7, 11) is 1.60. The van der Waals surface area contributed by atoms with Crippen LogP contribution in [0.5, 0.6) is 0 Å². The molecule has 3 aliphatic rings. The fourth-order valence-electron chi connectivity index (χ4n) is 6.19. The second-order valence-corrected chi connectivity index (χ2v) is 12.4. The molecule has 3 heterocycles. The Kier molecular flexibility index (Phi) is 6.85. The van der Waals surface area contributed by atoms with E-state index in [1.165, 1.54) is 0 Å². The van der Waals surface area contributed by atoms with Crippen molar-refractivity contribution in [3.05, 3.63) is 42.5 Å². The molecule has 3 amide bonds. The van der Waals surface area contributed by atoms with E-state index in [9.17, 15) is 14.4 Å². The zero-order valence-electron chi connectivity index (χ0n) is 19.6. The van der Waals surface area contributed by atoms with Crippen molar-refractivity contribution in [1.29, 1.82) is 0 Å². The minimum Gasteiger partial charge on any atom is -0.396 e. The summed E-state index contributed by atoms with van der Waals surface area (Å²) in [6.45, 7) is 0.541. The molecule has 3 N–H and O–H groups in total. The van der Waals surface area contributed by atoms with Crippen LogP contribution in [0.3, 0.4) is 0 Å².